The molecule has 2 fully saturated rings. The second-order valence-electron chi connectivity index (χ2n) is 4.90. The Morgan fingerprint density at radius 2 is 2.19 bits per heavy atom. The van der Waals surface area contributed by atoms with Crippen LogP contribution < -0.4 is 10.6 Å². The summed E-state index contributed by atoms with van der Waals surface area (Å²) < 4.78 is 1.03. The maximum atomic E-state index is 6.13. The topological polar surface area (TPSA) is 42.1 Å². The molecule has 1 aliphatic carbocycles. The van der Waals surface area contributed by atoms with Crippen molar-refractivity contribution in [2.24, 2.45) is 17.6 Å². The molecule has 3 nitrogen and oxygen atoms in total. The fraction of sp³-hybridized carbons (Fsp3) is 0.583. The van der Waals surface area contributed by atoms with Gasteiger partial charge in [0.05, 0.1) is 0 Å². The van der Waals surface area contributed by atoms with Gasteiger partial charge in [-0.05, 0) is 52.7 Å². The smallest absolute Gasteiger partial charge is 0.128 e. The van der Waals surface area contributed by atoms with Crippen molar-refractivity contribution in [3.8, 4) is 0 Å². The lowest BCUT2D eigenvalue weighted by Crippen LogP contribution is -2.30. The Labute approximate surface area is 104 Å². The normalized spacial score (nSPS) is 33.1. The maximum Gasteiger partial charge on any atom is 0.128 e. The van der Waals surface area contributed by atoms with Gasteiger partial charge in [0.15, 0.2) is 0 Å². The molecule has 0 spiro atoms. The molecule has 2 N–H and O–H groups in total. The molecule has 0 aromatic carbocycles. The van der Waals surface area contributed by atoms with E-state index < -0.39 is 0 Å². The van der Waals surface area contributed by atoms with Crippen LogP contribution in [0, 0.1) is 11.8 Å². The predicted molar refractivity (Wildman–Crippen MR) is 68.3 cm³/mol. The van der Waals surface area contributed by atoms with Gasteiger partial charge in [0.25, 0.3) is 0 Å². The minimum absolute atomic E-state index is 0.408. The molecular formula is C12H16BrN3. The molecule has 16 heavy (non-hydrogen) atoms. The molecule has 1 aromatic heterocycles. The summed E-state index contributed by atoms with van der Waals surface area (Å²) in [6, 6.07) is 4.54. The highest BCUT2D eigenvalue weighted by Crippen LogP contribution is 2.38. The molecule has 3 rings (SSSR count). The number of nitrogens with two attached hydrogens (primary N) is 1. The zero-order valence-electron chi connectivity index (χ0n) is 9.14. The minimum atomic E-state index is 0.408. The maximum absolute atomic E-state index is 6.13. The van der Waals surface area contributed by atoms with Crippen LogP contribution in [0.15, 0.2) is 22.8 Å². The van der Waals surface area contributed by atoms with Crippen LogP contribution in [0.3, 0.4) is 0 Å². The first kappa shape index (κ1) is 10.5. The van der Waals surface area contributed by atoms with Crippen LogP contribution in [0.5, 0.6) is 0 Å². The lowest BCUT2D eigenvalue weighted by molar-refractivity contribution is 0.453. The summed E-state index contributed by atoms with van der Waals surface area (Å²) in [6.07, 6.45) is 4.36. The van der Waals surface area contributed by atoms with Crippen molar-refractivity contribution in [2.45, 2.75) is 18.9 Å². The van der Waals surface area contributed by atoms with Crippen molar-refractivity contribution in [3.05, 3.63) is 22.8 Å². The molecule has 2 aliphatic rings. The Morgan fingerprint density at radius 3 is 2.88 bits per heavy atom. The van der Waals surface area contributed by atoms with Crippen molar-refractivity contribution in [3.63, 3.8) is 0 Å². The standard InChI is InChI=1S/C12H16BrN3/c13-9-2-4-12(15-5-9)16-6-8-1-3-11(14)10(8)7-16/h2,4-5,8,10-11H,1,3,6-7,14H2. The number of hydrogen-bond acceptors (Lipinski definition) is 3. The Bertz CT molecular complexity index is 378. The Kier molecular flexibility index (Phi) is 2.64. The molecule has 3 unspecified atom stereocenters. The van der Waals surface area contributed by atoms with E-state index in [9.17, 15) is 0 Å². The molecule has 2 heterocycles. The molecule has 1 aliphatic heterocycles. The van der Waals surface area contributed by atoms with Gasteiger partial charge in [-0.2, -0.15) is 0 Å². The van der Waals surface area contributed by atoms with E-state index in [4.69, 9.17) is 5.73 Å². The molecule has 1 saturated carbocycles. The van der Waals surface area contributed by atoms with Crippen molar-refractivity contribution in [2.75, 3.05) is 18.0 Å². The van der Waals surface area contributed by atoms with Gasteiger partial charge in [-0.1, -0.05) is 0 Å². The van der Waals surface area contributed by atoms with Crippen molar-refractivity contribution in [1.29, 1.82) is 0 Å². The predicted octanol–water partition coefficient (Wildman–Crippen LogP) is 2.02. The number of rotatable bonds is 1. The van der Waals surface area contributed by atoms with E-state index in [2.05, 4.69) is 37.9 Å². The number of hydrogen-bond donors (Lipinski definition) is 1. The zero-order valence-corrected chi connectivity index (χ0v) is 10.7. The van der Waals surface area contributed by atoms with Crippen LogP contribution >= 0.6 is 15.9 Å². The highest BCUT2D eigenvalue weighted by Gasteiger charge is 2.41. The number of pyridine rings is 1. The molecular weight excluding hydrogens is 266 g/mol. The summed E-state index contributed by atoms with van der Waals surface area (Å²) in [5.41, 5.74) is 6.13. The second-order valence-corrected chi connectivity index (χ2v) is 5.82. The highest BCUT2D eigenvalue weighted by molar-refractivity contribution is 9.10. The minimum Gasteiger partial charge on any atom is -0.356 e. The average molecular weight is 282 g/mol. The van der Waals surface area contributed by atoms with E-state index in [0.717, 1.165) is 29.3 Å². The average Bonchev–Trinajstić information content (AvgIpc) is 2.83. The van der Waals surface area contributed by atoms with Crippen LogP contribution in [-0.4, -0.2) is 24.1 Å². The lowest BCUT2D eigenvalue weighted by Gasteiger charge is -2.19. The third-order valence-electron chi connectivity index (χ3n) is 3.95. The first-order chi connectivity index (χ1) is 7.74. The lowest BCUT2D eigenvalue weighted by atomic mass is 9.98. The molecule has 1 saturated heterocycles. The quantitative estimate of drug-likeness (QED) is 0.857. The van der Waals surface area contributed by atoms with Crippen molar-refractivity contribution < 1.29 is 0 Å². The summed E-state index contributed by atoms with van der Waals surface area (Å²) in [5.74, 6) is 2.57. The van der Waals surface area contributed by atoms with Crippen LogP contribution in [0.4, 0.5) is 5.82 Å². The van der Waals surface area contributed by atoms with E-state index >= 15 is 0 Å². The van der Waals surface area contributed by atoms with E-state index in [1.54, 1.807) is 0 Å². The van der Waals surface area contributed by atoms with Crippen LogP contribution in [0.2, 0.25) is 0 Å². The number of fused-ring (bicyclic) bond motifs is 1. The summed E-state index contributed by atoms with van der Waals surface area (Å²) in [6.45, 7) is 2.22. The van der Waals surface area contributed by atoms with Crippen LogP contribution in [0.25, 0.3) is 0 Å². The van der Waals surface area contributed by atoms with Gasteiger partial charge < -0.3 is 10.6 Å². The number of nitrogens with zero attached hydrogens (tertiary/aromatic N) is 2. The fourth-order valence-corrected chi connectivity index (χ4v) is 3.28. The van der Waals surface area contributed by atoms with Gasteiger partial charge in [-0.15, -0.1) is 0 Å². The van der Waals surface area contributed by atoms with Crippen LogP contribution in [-0.2, 0) is 0 Å². The first-order valence-corrected chi connectivity index (χ1v) is 6.65. The van der Waals surface area contributed by atoms with Crippen LogP contribution in [0.1, 0.15) is 12.8 Å². The fourth-order valence-electron chi connectivity index (χ4n) is 3.05. The van der Waals surface area contributed by atoms with Gasteiger partial charge in [-0.3, -0.25) is 0 Å². The molecule has 0 amide bonds. The number of anilines is 1. The Balaban J connectivity index is 1.76. The highest BCUT2D eigenvalue weighted by atomic mass is 79.9. The zero-order chi connectivity index (χ0) is 11.1. The molecule has 1 aromatic rings. The summed E-state index contributed by atoms with van der Waals surface area (Å²) >= 11 is 3.41. The van der Waals surface area contributed by atoms with Gasteiger partial charge >= 0.3 is 0 Å². The van der Waals surface area contributed by atoms with Gasteiger partial charge in [0, 0.05) is 29.8 Å². The largest absolute Gasteiger partial charge is 0.356 e. The molecule has 86 valence electrons. The molecule has 0 radical (unpaired) electrons. The SMILES string of the molecule is NC1CCC2CN(c3ccc(Br)cn3)CC12. The number of aromatic nitrogens is 1. The van der Waals surface area contributed by atoms with Gasteiger partial charge in [-0.25, -0.2) is 4.98 Å². The second kappa shape index (κ2) is 4.00. The monoisotopic (exact) mass is 281 g/mol. The van der Waals surface area contributed by atoms with Gasteiger partial charge in [0.2, 0.25) is 0 Å². The summed E-state index contributed by atoms with van der Waals surface area (Å²) in [5, 5.41) is 0. The Morgan fingerprint density at radius 1 is 1.31 bits per heavy atom. The van der Waals surface area contributed by atoms with E-state index in [1.165, 1.54) is 12.8 Å². The van der Waals surface area contributed by atoms with E-state index in [-0.39, 0.29) is 0 Å². The van der Waals surface area contributed by atoms with Crippen molar-refractivity contribution in [1.82, 2.24) is 4.98 Å². The van der Waals surface area contributed by atoms with E-state index in [1.807, 2.05) is 6.20 Å². The Hall–Kier alpha value is -0.610. The van der Waals surface area contributed by atoms with Crippen molar-refractivity contribution >= 4 is 21.7 Å². The van der Waals surface area contributed by atoms with Gasteiger partial charge in [0.1, 0.15) is 5.82 Å². The summed E-state index contributed by atoms with van der Waals surface area (Å²) in [4.78, 5) is 6.83. The first-order valence-electron chi connectivity index (χ1n) is 5.86. The molecule has 0 bridgehead atoms. The van der Waals surface area contributed by atoms with E-state index in [0.29, 0.717) is 12.0 Å². The molecule has 3 atom stereocenters. The third kappa shape index (κ3) is 1.74. The third-order valence-corrected chi connectivity index (χ3v) is 4.42. The summed E-state index contributed by atoms with van der Waals surface area (Å²) in [7, 11) is 0. The number of halogens is 1. The molecule has 4 heteroatoms.